The largest absolute Gasteiger partial charge is 0.342 e. The Morgan fingerprint density at radius 2 is 2.09 bits per heavy atom. The van der Waals surface area contributed by atoms with Gasteiger partial charge in [-0.3, -0.25) is 4.79 Å². The lowest BCUT2D eigenvalue weighted by molar-refractivity contribution is -0.129. The second-order valence-electron chi connectivity index (χ2n) is 5.80. The second-order valence-corrected chi connectivity index (χ2v) is 7.78. The molecule has 1 amide bonds. The molecule has 1 aliphatic carbocycles. The summed E-state index contributed by atoms with van der Waals surface area (Å²) in [4.78, 5) is 13.3. The molecule has 1 fully saturated rings. The van der Waals surface area contributed by atoms with Crippen LogP contribution in [0, 0.1) is 5.82 Å². The van der Waals surface area contributed by atoms with Crippen LogP contribution in [-0.2, 0) is 14.6 Å². The highest BCUT2D eigenvalue weighted by atomic mass is 32.2. The van der Waals surface area contributed by atoms with Crippen molar-refractivity contribution in [2.45, 2.75) is 36.7 Å². The lowest BCUT2D eigenvalue weighted by atomic mass is 10.1. The quantitative estimate of drug-likeness (QED) is 0.859. The summed E-state index contributed by atoms with van der Waals surface area (Å²) in [6.07, 6.45) is 3.07. The maximum absolute atomic E-state index is 13.9. The van der Waals surface area contributed by atoms with E-state index < -0.39 is 15.7 Å². The normalized spacial score (nSPS) is 16.4. The second kappa shape index (κ2) is 6.34. The van der Waals surface area contributed by atoms with Gasteiger partial charge in [0.2, 0.25) is 5.91 Å². The first-order valence-electron chi connectivity index (χ1n) is 7.18. The van der Waals surface area contributed by atoms with Crippen molar-refractivity contribution in [1.29, 1.82) is 0 Å². The van der Waals surface area contributed by atoms with Gasteiger partial charge in [-0.05, 0) is 37.5 Å². The molecule has 1 atom stereocenters. The van der Waals surface area contributed by atoms with Crippen LogP contribution in [0.2, 0.25) is 0 Å². The van der Waals surface area contributed by atoms with Gasteiger partial charge in [-0.15, -0.1) is 0 Å². The van der Waals surface area contributed by atoms with Gasteiger partial charge in [-0.2, -0.15) is 0 Å². The zero-order chi connectivity index (χ0) is 16.5. The van der Waals surface area contributed by atoms with E-state index in [9.17, 15) is 17.6 Å². The number of amides is 1. The van der Waals surface area contributed by atoms with Crippen LogP contribution in [0.25, 0.3) is 0 Å². The number of hydrogen-bond donors (Lipinski definition) is 1. The van der Waals surface area contributed by atoms with Gasteiger partial charge >= 0.3 is 0 Å². The Labute approximate surface area is 130 Å². The van der Waals surface area contributed by atoms with Crippen molar-refractivity contribution in [3.8, 4) is 0 Å². The minimum atomic E-state index is -3.57. The van der Waals surface area contributed by atoms with Crippen molar-refractivity contribution in [3.63, 3.8) is 0 Å². The maximum atomic E-state index is 13.9. The molecule has 1 unspecified atom stereocenters. The zero-order valence-corrected chi connectivity index (χ0v) is 13.8. The average Bonchev–Trinajstić information content (AvgIpc) is 3.26. The van der Waals surface area contributed by atoms with E-state index in [2.05, 4.69) is 5.32 Å². The van der Waals surface area contributed by atoms with E-state index in [-0.39, 0.29) is 23.4 Å². The van der Waals surface area contributed by atoms with E-state index in [1.807, 2.05) is 0 Å². The molecule has 0 spiro atoms. The third-order valence-corrected chi connectivity index (χ3v) is 5.03. The zero-order valence-electron chi connectivity index (χ0n) is 13.0. The summed E-state index contributed by atoms with van der Waals surface area (Å²) in [5, 5.41) is 3.04. The summed E-state index contributed by atoms with van der Waals surface area (Å²) in [7, 11) is -1.79. The summed E-state index contributed by atoms with van der Waals surface area (Å²) in [5.41, 5.74) is 0.603. The molecule has 1 N–H and O–H groups in total. The fourth-order valence-corrected chi connectivity index (χ4v) is 2.96. The molecule has 1 aromatic carbocycles. The summed E-state index contributed by atoms with van der Waals surface area (Å²) < 4.78 is 36.6. The summed E-state index contributed by atoms with van der Waals surface area (Å²) >= 11 is 0. The van der Waals surface area contributed by atoms with Crippen molar-refractivity contribution in [2.75, 3.05) is 19.8 Å². The number of likely N-dealkylation sites (N-methyl/N-ethyl adjacent to an activating group) is 1. The van der Waals surface area contributed by atoms with Crippen LogP contribution >= 0.6 is 0 Å². The van der Waals surface area contributed by atoms with E-state index in [0.29, 0.717) is 11.6 Å². The third-order valence-electron chi connectivity index (χ3n) is 3.90. The molecule has 0 heterocycles. The molecular formula is C15H21FN2O3S. The highest BCUT2D eigenvalue weighted by molar-refractivity contribution is 7.90. The van der Waals surface area contributed by atoms with Crippen molar-refractivity contribution < 1.29 is 17.6 Å². The highest BCUT2D eigenvalue weighted by Gasteiger charge is 2.29. The highest BCUT2D eigenvalue weighted by Crippen LogP contribution is 2.25. The molecular weight excluding hydrogens is 307 g/mol. The Morgan fingerprint density at radius 3 is 2.59 bits per heavy atom. The van der Waals surface area contributed by atoms with Crippen LogP contribution in [-0.4, -0.2) is 45.1 Å². The van der Waals surface area contributed by atoms with E-state index in [0.717, 1.165) is 19.1 Å². The number of benzene rings is 1. The lowest BCUT2D eigenvalue weighted by Crippen LogP contribution is -2.37. The first kappa shape index (κ1) is 16.9. The molecule has 0 aliphatic heterocycles. The first-order valence-corrected chi connectivity index (χ1v) is 9.08. The molecule has 5 nitrogen and oxygen atoms in total. The van der Waals surface area contributed by atoms with Crippen molar-refractivity contribution in [2.24, 2.45) is 0 Å². The Kier molecular flexibility index (Phi) is 4.87. The van der Waals surface area contributed by atoms with E-state index in [1.54, 1.807) is 24.9 Å². The van der Waals surface area contributed by atoms with Gasteiger partial charge in [0.25, 0.3) is 0 Å². The van der Waals surface area contributed by atoms with Crippen LogP contribution < -0.4 is 5.32 Å². The van der Waals surface area contributed by atoms with Crippen molar-refractivity contribution in [1.82, 2.24) is 10.2 Å². The van der Waals surface area contributed by atoms with E-state index in [4.69, 9.17) is 0 Å². The van der Waals surface area contributed by atoms with Crippen molar-refractivity contribution in [3.05, 3.63) is 29.6 Å². The summed E-state index contributed by atoms with van der Waals surface area (Å²) in [6.45, 7) is 1.98. The molecule has 1 aromatic rings. The Bertz CT molecular complexity index is 671. The Morgan fingerprint density at radius 1 is 1.45 bits per heavy atom. The summed E-state index contributed by atoms with van der Waals surface area (Å²) in [5.74, 6) is -0.766. The molecule has 0 radical (unpaired) electrons. The van der Waals surface area contributed by atoms with Crippen LogP contribution in [0.4, 0.5) is 4.39 Å². The van der Waals surface area contributed by atoms with Gasteiger partial charge in [0.1, 0.15) is 10.7 Å². The van der Waals surface area contributed by atoms with Gasteiger partial charge in [-0.1, -0.05) is 6.07 Å². The standard InChI is InChI=1S/C15H21FN2O3S/c1-10(17-9-15(19)18(2)12-5-6-12)11-4-7-14(13(16)8-11)22(3,20)21/h4,7-8,10,12,17H,5-6,9H2,1-3H3. The van der Waals surface area contributed by atoms with Crippen molar-refractivity contribution >= 4 is 15.7 Å². The minimum Gasteiger partial charge on any atom is -0.342 e. The molecule has 0 aromatic heterocycles. The van der Waals surface area contributed by atoms with E-state index in [1.165, 1.54) is 12.1 Å². The number of carbonyl (C=O) groups is 1. The topological polar surface area (TPSA) is 66.5 Å². The van der Waals surface area contributed by atoms with Crippen LogP contribution in [0.15, 0.2) is 23.1 Å². The van der Waals surface area contributed by atoms with Crippen LogP contribution in [0.5, 0.6) is 0 Å². The molecule has 1 saturated carbocycles. The van der Waals surface area contributed by atoms with Crippen LogP contribution in [0.1, 0.15) is 31.4 Å². The van der Waals surface area contributed by atoms with Gasteiger partial charge in [0.05, 0.1) is 6.54 Å². The number of sulfone groups is 1. The van der Waals surface area contributed by atoms with E-state index >= 15 is 0 Å². The third kappa shape index (κ3) is 4.04. The number of rotatable bonds is 6. The number of hydrogen-bond acceptors (Lipinski definition) is 4. The number of carbonyl (C=O) groups excluding carboxylic acids is 1. The average molecular weight is 328 g/mol. The fraction of sp³-hybridized carbons (Fsp3) is 0.533. The molecule has 7 heteroatoms. The van der Waals surface area contributed by atoms with Crippen LogP contribution in [0.3, 0.4) is 0 Å². The summed E-state index contributed by atoms with van der Waals surface area (Å²) in [6, 6.07) is 4.13. The number of halogens is 1. The number of nitrogens with one attached hydrogen (secondary N) is 1. The number of nitrogens with zero attached hydrogens (tertiary/aromatic N) is 1. The Hall–Kier alpha value is -1.47. The molecule has 0 bridgehead atoms. The molecule has 122 valence electrons. The van der Waals surface area contributed by atoms with Gasteiger partial charge in [0, 0.05) is 25.4 Å². The first-order chi connectivity index (χ1) is 10.2. The minimum absolute atomic E-state index is 0.00239. The van der Waals surface area contributed by atoms with Gasteiger partial charge in [0.15, 0.2) is 9.84 Å². The van der Waals surface area contributed by atoms with Gasteiger partial charge < -0.3 is 10.2 Å². The fourth-order valence-electron chi connectivity index (χ4n) is 2.24. The Balaban J connectivity index is 1.99. The molecule has 1 aliphatic rings. The lowest BCUT2D eigenvalue weighted by Gasteiger charge is -2.19. The monoisotopic (exact) mass is 328 g/mol. The SMILES string of the molecule is CC(NCC(=O)N(C)C1CC1)c1ccc(S(C)(=O)=O)c(F)c1. The van der Waals surface area contributed by atoms with Gasteiger partial charge in [-0.25, -0.2) is 12.8 Å². The molecule has 0 saturated heterocycles. The smallest absolute Gasteiger partial charge is 0.236 e. The maximum Gasteiger partial charge on any atom is 0.236 e. The predicted molar refractivity (Wildman–Crippen MR) is 81.7 cm³/mol. The molecule has 2 rings (SSSR count). The predicted octanol–water partition coefficient (Wildman–Crippen LogP) is 1.50. The molecule has 22 heavy (non-hydrogen) atoms.